The van der Waals surface area contributed by atoms with E-state index in [1.54, 1.807) is 0 Å². The molecule has 2 amide bonds. The van der Waals surface area contributed by atoms with Crippen molar-refractivity contribution in [2.45, 2.75) is 23.9 Å². The monoisotopic (exact) mass is 569 g/mol. The average Bonchev–Trinajstić information content (AvgIpc) is 2.97. The first-order valence-corrected chi connectivity index (χ1v) is 14.5. The maximum absolute atomic E-state index is 13.3. The Kier molecular flexibility index (Phi) is 10.3. The molecule has 3 N–H and O–H groups in total. The molecule has 3 aromatic rings. The summed E-state index contributed by atoms with van der Waals surface area (Å²) in [6.45, 7) is 4.09. The van der Waals surface area contributed by atoms with Crippen LogP contribution < -0.4 is 15.4 Å². The predicted molar refractivity (Wildman–Crippen MR) is 148 cm³/mol. The standard InChI is InChI=1S/C28H32FN5O5S/c29-23-9-7-22(8-10-23)27(35)33-25(19-21-5-2-1-3-6-21)28(36)32-24-11-12-26(30-20-24)40(37,38)31-13-4-14-34-15-17-39-18-16-34/h1-3,5-12,20,25,31H,4,13-19H2,(H,32,36)(H,33,35)/t25-/m0/s1. The number of halogens is 1. The van der Waals surface area contributed by atoms with Crippen LogP contribution >= 0.6 is 0 Å². The van der Waals surface area contributed by atoms with Crippen molar-refractivity contribution in [3.63, 3.8) is 0 Å². The molecular weight excluding hydrogens is 537 g/mol. The predicted octanol–water partition coefficient (Wildman–Crippen LogP) is 2.20. The lowest BCUT2D eigenvalue weighted by Crippen LogP contribution is -2.45. The molecule has 212 valence electrons. The Labute approximate surface area is 233 Å². The summed E-state index contributed by atoms with van der Waals surface area (Å²) in [5.74, 6) is -1.52. The van der Waals surface area contributed by atoms with Gasteiger partial charge in [-0.25, -0.2) is 22.5 Å². The first-order valence-electron chi connectivity index (χ1n) is 13.0. The Bertz CT molecular complexity index is 1370. The normalized spacial score (nSPS) is 14.8. The Morgan fingerprint density at radius 2 is 1.73 bits per heavy atom. The van der Waals surface area contributed by atoms with Crippen LogP contribution in [0.15, 0.2) is 78.0 Å². The van der Waals surface area contributed by atoms with Crippen molar-refractivity contribution < 1.29 is 27.1 Å². The molecule has 1 aromatic heterocycles. The highest BCUT2D eigenvalue weighted by atomic mass is 32.2. The van der Waals surface area contributed by atoms with Crippen LogP contribution in [0, 0.1) is 5.82 Å². The number of benzene rings is 2. The number of carbonyl (C=O) groups excluding carboxylic acids is 2. The van der Waals surface area contributed by atoms with Gasteiger partial charge in [0.2, 0.25) is 5.91 Å². The topological polar surface area (TPSA) is 130 Å². The molecule has 12 heteroatoms. The minimum absolute atomic E-state index is 0.165. The van der Waals surface area contributed by atoms with E-state index in [9.17, 15) is 22.4 Å². The summed E-state index contributed by atoms with van der Waals surface area (Å²) in [5.41, 5.74) is 1.30. The number of hydrogen-bond donors (Lipinski definition) is 3. The molecule has 10 nitrogen and oxygen atoms in total. The molecule has 1 fully saturated rings. The zero-order valence-electron chi connectivity index (χ0n) is 21.9. The highest BCUT2D eigenvalue weighted by Gasteiger charge is 2.23. The maximum Gasteiger partial charge on any atom is 0.258 e. The molecule has 2 aromatic carbocycles. The third kappa shape index (κ3) is 8.65. The van der Waals surface area contributed by atoms with Crippen molar-refractivity contribution in [2.24, 2.45) is 0 Å². The van der Waals surface area contributed by atoms with Crippen molar-refractivity contribution >= 4 is 27.5 Å². The zero-order valence-corrected chi connectivity index (χ0v) is 22.7. The van der Waals surface area contributed by atoms with Crippen molar-refractivity contribution in [2.75, 3.05) is 44.7 Å². The number of hydrogen-bond acceptors (Lipinski definition) is 7. The van der Waals surface area contributed by atoms with Gasteiger partial charge in [0, 0.05) is 31.6 Å². The van der Waals surface area contributed by atoms with E-state index in [0.717, 1.165) is 25.2 Å². The molecule has 0 saturated carbocycles. The maximum atomic E-state index is 13.3. The fourth-order valence-corrected chi connectivity index (χ4v) is 5.15. The van der Waals surface area contributed by atoms with Crippen LogP contribution in [-0.2, 0) is 26.0 Å². The van der Waals surface area contributed by atoms with Crippen molar-refractivity contribution in [1.29, 1.82) is 0 Å². The van der Waals surface area contributed by atoms with Gasteiger partial charge in [0.25, 0.3) is 15.9 Å². The number of nitrogens with zero attached hydrogens (tertiary/aromatic N) is 2. The van der Waals surface area contributed by atoms with Crippen LogP contribution in [-0.4, -0.2) is 75.6 Å². The summed E-state index contributed by atoms with van der Waals surface area (Å²) >= 11 is 0. The van der Waals surface area contributed by atoms with Gasteiger partial charge in [-0.3, -0.25) is 14.5 Å². The number of pyridine rings is 1. The highest BCUT2D eigenvalue weighted by molar-refractivity contribution is 7.89. The second-order valence-electron chi connectivity index (χ2n) is 9.30. The molecular formula is C28H32FN5O5S. The average molecular weight is 570 g/mol. The molecule has 1 saturated heterocycles. The van der Waals surface area contributed by atoms with Gasteiger partial charge in [0.05, 0.1) is 25.1 Å². The Morgan fingerprint density at radius 1 is 1.00 bits per heavy atom. The van der Waals surface area contributed by atoms with E-state index in [0.29, 0.717) is 19.6 Å². The van der Waals surface area contributed by atoms with E-state index >= 15 is 0 Å². The molecule has 1 atom stereocenters. The molecule has 0 bridgehead atoms. The van der Waals surface area contributed by atoms with Gasteiger partial charge in [-0.1, -0.05) is 30.3 Å². The van der Waals surface area contributed by atoms with Crippen LogP contribution in [0.5, 0.6) is 0 Å². The molecule has 0 aliphatic carbocycles. The van der Waals surface area contributed by atoms with Gasteiger partial charge in [0.1, 0.15) is 11.9 Å². The van der Waals surface area contributed by atoms with Crippen LogP contribution in [0.25, 0.3) is 0 Å². The van der Waals surface area contributed by atoms with E-state index < -0.39 is 33.7 Å². The van der Waals surface area contributed by atoms with Crippen molar-refractivity contribution in [1.82, 2.24) is 19.9 Å². The Hall–Kier alpha value is -3.71. The molecule has 1 aliphatic rings. The second kappa shape index (κ2) is 14.1. The number of anilines is 1. The van der Waals surface area contributed by atoms with Gasteiger partial charge in [0.15, 0.2) is 5.03 Å². The smallest absolute Gasteiger partial charge is 0.258 e. The first kappa shape index (κ1) is 29.3. The second-order valence-corrected chi connectivity index (χ2v) is 11.0. The summed E-state index contributed by atoms with van der Waals surface area (Å²) in [6.07, 6.45) is 2.11. The summed E-state index contributed by atoms with van der Waals surface area (Å²) < 4.78 is 46.4. The number of rotatable bonds is 12. The highest BCUT2D eigenvalue weighted by Crippen LogP contribution is 2.13. The number of sulfonamides is 1. The molecule has 2 heterocycles. The first-order chi connectivity index (χ1) is 19.3. The molecule has 4 rings (SSSR count). The van der Waals surface area contributed by atoms with E-state index in [-0.39, 0.29) is 29.2 Å². The minimum atomic E-state index is -3.82. The summed E-state index contributed by atoms with van der Waals surface area (Å²) in [6, 6.07) is 16.0. The number of morpholine rings is 1. The fourth-order valence-electron chi connectivity index (χ4n) is 4.15. The van der Waals surface area contributed by atoms with Crippen LogP contribution in [0.4, 0.5) is 10.1 Å². The number of nitrogens with one attached hydrogen (secondary N) is 3. The summed E-state index contributed by atoms with van der Waals surface area (Å²) in [4.78, 5) is 32.2. The summed E-state index contributed by atoms with van der Waals surface area (Å²) in [5, 5.41) is 5.22. The quantitative estimate of drug-likeness (QED) is 0.285. The molecule has 0 radical (unpaired) electrons. The third-order valence-corrected chi connectivity index (χ3v) is 7.71. The van der Waals surface area contributed by atoms with Crippen molar-refractivity contribution in [3.05, 3.63) is 89.9 Å². The van der Waals surface area contributed by atoms with Gasteiger partial charge in [-0.05, 0) is 54.9 Å². The molecule has 1 aliphatic heterocycles. The SMILES string of the molecule is O=C(N[C@@H](Cc1ccccc1)C(=O)Nc1ccc(S(=O)(=O)NCCCN2CCOCC2)nc1)c1ccc(F)cc1. The fraction of sp³-hybridized carbons (Fsp3) is 0.321. The van der Waals surface area contributed by atoms with Crippen molar-refractivity contribution in [3.8, 4) is 0 Å². The molecule has 0 unspecified atom stereocenters. The van der Waals surface area contributed by atoms with Gasteiger partial charge in [-0.2, -0.15) is 0 Å². The molecule has 0 spiro atoms. The largest absolute Gasteiger partial charge is 0.379 e. The number of carbonyl (C=O) groups is 2. The third-order valence-electron chi connectivity index (χ3n) is 6.34. The van der Waals surface area contributed by atoms with E-state index in [1.807, 2.05) is 30.3 Å². The lowest BCUT2D eigenvalue weighted by molar-refractivity contribution is -0.118. The van der Waals surface area contributed by atoms with Crippen LogP contribution in [0.3, 0.4) is 0 Å². The Morgan fingerprint density at radius 3 is 2.40 bits per heavy atom. The number of ether oxygens (including phenoxy) is 1. The Balaban J connectivity index is 1.36. The zero-order chi connectivity index (χ0) is 28.4. The van der Waals surface area contributed by atoms with E-state index in [2.05, 4.69) is 25.2 Å². The minimum Gasteiger partial charge on any atom is -0.379 e. The van der Waals surface area contributed by atoms with E-state index in [1.165, 1.54) is 42.6 Å². The summed E-state index contributed by atoms with van der Waals surface area (Å²) in [7, 11) is -3.82. The lowest BCUT2D eigenvalue weighted by Gasteiger charge is -2.26. The van der Waals surface area contributed by atoms with Gasteiger partial charge >= 0.3 is 0 Å². The van der Waals surface area contributed by atoms with E-state index in [4.69, 9.17) is 4.74 Å². The van der Waals surface area contributed by atoms with Crippen LogP contribution in [0.1, 0.15) is 22.3 Å². The number of amides is 2. The molecule has 40 heavy (non-hydrogen) atoms. The van der Waals surface area contributed by atoms with Gasteiger partial charge in [-0.15, -0.1) is 0 Å². The lowest BCUT2D eigenvalue weighted by atomic mass is 10.0. The van der Waals surface area contributed by atoms with Crippen LogP contribution in [0.2, 0.25) is 0 Å². The van der Waals surface area contributed by atoms with Gasteiger partial charge < -0.3 is 15.4 Å². The number of aromatic nitrogens is 1.